The fourth-order valence-electron chi connectivity index (χ4n) is 5.09. The predicted molar refractivity (Wildman–Crippen MR) is 131 cm³/mol. The topological polar surface area (TPSA) is 50.8 Å². The Morgan fingerprint density at radius 2 is 1.59 bits per heavy atom. The Labute approximate surface area is 207 Å². The lowest BCUT2D eigenvalue weighted by Crippen LogP contribution is -2.53. The average molecular weight is 520 g/mol. The molecule has 0 spiro atoms. The van der Waals surface area contributed by atoms with Crippen molar-refractivity contribution in [2.75, 3.05) is 13.1 Å². The number of hydrogen-bond donors (Lipinski definition) is 0. The summed E-state index contributed by atoms with van der Waals surface area (Å²) in [5, 5.41) is 18.4. The third-order valence-corrected chi connectivity index (χ3v) is 6.94. The summed E-state index contributed by atoms with van der Waals surface area (Å²) in [5.74, 6) is -1.11. The van der Waals surface area contributed by atoms with Gasteiger partial charge in [0.2, 0.25) is 0 Å². The highest BCUT2D eigenvalue weighted by Crippen LogP contribution is 2.45. The van der Waals surface area contributed by atoms with E-state index in [-0.39, 0.29) is 17.5 Å². The minimum Gasteiger partial charge on any atom is -0.292 e. The lowest BCUT2D eigenvalue weighted by atomic mass is 9.72. The molecule has 0 amide bonds. The van der Waals surface area contributed by atoms with Crippen LogP contribution in [0.1, 0.15) is 53.6 Å². The van der Waals surface area contributed by atoms with Crippen LogP contribution in [0.3, 0.4) is 0 Å². The summed E-state index contributed by atoms with van der Waals surface area (Å²) >= 11 is 3.55. The lowest BCUT2D eigenvalue weighted by molar-refractivity contribution is 0.00811. The van der Waals surface area contributed by atoms with Crippen molar-refractivity contribution in [3.63, 3.8) is 0 Å². The minimum absolute atomic E-state index is 0.0404. The summed E-state index contributed by atoms with van der Waals surface area (Å²) in [6, 6.07) is 23.8. The molecule has 0 aromatic heterocycles. The highest BCUT2D eigenvalue weighted by Gasteiger charge is 2.45. The van der Waals surface area contributed by atoms with Crippen LogP contribution in [-0.4, -0.2) is 23.7 Å². The lowest BCUT2D eigenvalue weighted by Gasteiger charge is -2.50. The molecule has 0 saturated carbocycles. The Morgan fingerprint density at radius 3 is 2.18 bits per heavy atom. The molecule has 3 nitrogen and oxygen atoms in total. The molecule has 6 heteroatoms. The maximum atomic E-state index is 15.4. The number of alkyl halides is 1. The van der Waals surface area contributed by atoms with E-state index in [0.29, 0.717) is 24.2 Å². The van der Waals surface area contributed by atoms with Gasteiger partial charge in [-0.05, 0) is 78.9 Å². The molecule has 3 aromatic carbocycles. The summed E-state index contributed by atoms with van der Waals surface area (Å²) in [4.78, 5) is 2.27. The van der Waals surface area contributed by atoms with Gasteiger partial charge in [0, 0.05) is 23.5 Å². The molecule has 2 atom stereocenters. The van der Waals surface area contributed by atoms with Crippen LogP contribution in [0.25, 0.3) is 0 Å². The number of hydrogen-bond acceptors (Lipinski definition) is 3. The number of nitriles is 2. The molecule has 1 saturated heterocycles. The Morgan fingerprint density at radius 1 is 0.912 bits per heavy atom. The number of likely N-dealkylation sites (tertiary alicyclic amines) is 1. The van der Waals surface area contributed by atoms with Gasteiger partial charge in [-0.25, -0.2) is 8.78 Å². The van der Waals surface area contributed by atoms with E-state index in [2.05, 4.69) is 39.0 Å². The normalized spacial score (nSPS) is 16.2. The van der Waals surface area contributed by atoms with Crippen LogP contribution >= 0.6 is 15.9 Å². The van der Waals surface area contributed by atoms with Crippen LogP contribution in [0.2, 0.25) is 0 Å². The van der Waals surface area contributed by atoms with Crippen LogP contribution in [0.15, 0.2) is 71.2 Å². The van der Waals surface area contributed by atoms with Gasteiger partial charge >= 0.3 is 0 Å². The van der Waals surface area contributed by atoms with Crippen LogP contribution < -0.4 is 0 Å². The van der Waals surface area contributed by atoms with Crippen molar-refractivity contribution in [3.8, 4) is 12.1 Å². The molecule has 34 heavy (non-hydrogen) atoms. The van der Waals surface area contributed by atoms with Crippen molar-refractivity contribution in [2.45, 2.75) is 31.5 Å². The second-order valence-corrected chi connectivity index (χ2v) is 10.2. The molecule has 0 aliphatic carbocycles. The van der Waals surface area contributed by atoms with E-state index in [9.17, 15) is 14.9 Å². The Balaban J connectivity index is 1.66. The van der Waals surface area contributed by atoms with E-state index in [4.69, 9.17) is 0 Å². The first-order valence-electron chi connectivity index (χ1n) is 11.1. The first-order valence-corrected chi connectivity index (χ1v) is 11.9. The summed E-state index contributed by atoms with van der Waals surface area (Å²) in [7, 11) is 0. The van der Waals surface area contributed by atoms with E-state index in [1.807, 2.05) is 30.3 Å². The highest BCUT2D eigenvalue weighted by atomic mass is 79.9. The number of halogens is 3. The Hall–Kier alpha value is -3.06. The zero-order valence-electron chi connectivity index (χ0n) is 19.0. The maximum Gasteiger partial charge on any atom is 0.124 e. The fraction of sp³-hybridized carbons (Fsp3) is 0.286. The molecule has 0 N–H and O–H groups in total. The third-order valence-electron chi connectivity index (χ3n) is 6.44. The standard InChI is InChI=1S/C28H24BrF2N3/c1-28(2,31)26(22-10-19(15-33)11-25(30)13-22)23-16-34(17-23)27(21-4-3-5-24(29)12-21)20-8-6-18(14-32)7-9-20/h3-13,23,26-27H,16-17H2,1-2H3/t26-,27-/m0/s1. The smallest absolute Gasteiger partial charge is 0.124 e. The van der Waals surface area contributed by atoms with Gasteiger partial charge in [0.15, 0.2) is 0 Å². The summed E-state index contributed by atoms with van der Waals surface area (Å²) in [5.41, 5.74) is 1.86. The molecule has 1 aliphatic rings. The number of rotatable bonds is 6. The Kier molecular flexibility index (Phi) is 6.84. The average Bonchev–Trinajstić information content (AvgIpc) is 2.76. The van der Waals surface area contributed by atoms with Crippen molar-refractivity contribution in [1.29, 1.82) is 10.5 Å². The Bertz CT molecular complexity index is 1260. The van der Waals surface area contributed by atoms with E-state index >= 15 is 4.39 Å². The second-order valence-electron chi connectivity index (χ2n) is 9.33. The summed E-state index contributed by atoms with van der Waals surface area (Å²) in [6.45, 7) is 4.27. The van der Waals surface area contributed by atoms with Gasteiger partial charge in [0.05, 0.1) is 29.3 Å². The number of nitrogens with zero attached hydrogens (tertiary/aromatic N) is 3. The molecule has 4 rings (SSSR count). The van der Waals surface area contributed by atoms with Crippen molar-refractivity contribution in [2.24, 2.45) is 5.92 Å². The molecular weight excluding hydrogens is 496 g/mol. The van der Waals surface area contributed by atoms with Gasteiger partial charge in [0.25, 0.3) is 0 Å². The van der Waals surface area contributed by atoms with Crippen molar-refractivity contribution >= 4 is 15.9 Å². The monoisotopic (exact) mass is 519 g/mol. The van der Waals surface area contributed by atoms with Crippen molar-refractivity contribution < 1.29 is 8.78 Å². The van der Waals surface area contributed by atoms with Gasteiger partial charge in [-0.3, -0.25) is 4.90 Å². The summed E-state index contributed by atoms with van der Waals surface area (Å²) in [6.07, 6.45) is 0. The third kappa shape index (κ3) is 5.04. The van der Waals surface area contributed by atoms with Crippen LogP contribution in [0.5, 0.6) is 0 Å². The molecule has 1 fully saturated rings. The van der Waals surface area contributed by atoms with E-state index in [0.717, 1.165) is 15.6 Å². The maximum absolute atomic E-state index is 15.4. The largest absolute Gasteiger partial charge is 0.292 e. The number of benzene rings is 3. The van der Waals surface area contributed by atoms with Crippen molar-refractivity contribution in [3.05, 3.63) is 105 Å². The van der Waals surface area contributed by atoms with Crippen LogP contribution in [-0.2, 0) is 0 Å². The first kappa shape index (κ1) is 24.1. The van der Waals surface area contributed by atoms with Crippen LogP contribution in [0.4, 0.5) is 8.78 Å². The van der Waals surface area contributed by atoms with E-state index in [1.54, 1.807) is 18.2 Å². The molecule has 0 radical (unpaired) electrons. The molecular formula is C28H24BrF2N3. The fourth-order valence-corrected chi connectivity index (χ4v) is 5.50. The van der Waals surface area contributed by atoms with Crippen molar-refractivity contribution in [1.82, 2.24) is 4.90 Å². The molecule has 0 bridgehead atoms. The molecule has 0 unspecified atom stereocenters. The van der Waals surface area contributed by atoms with Crippen LogP contribution in [0, 0.1) is 34.4 Å². The zero-order chi connectivity index (χ0) is 24.5. The minimum atomic E-state index is -1.59. The molecule has 3 aromatic rings. The first-order chi connectivity index (χ1) is 16.2. The molecule has 1 heterocycles. The predicted octanol–water partition coefficient (Wildman–Crippen LogP) is 6.88. The quantitative estimate of drug-likeness (QED) is 0.356. The van der Waals surface area contributed by atoms with Gasteiger partial charge in [-0.15, -0.1) is 0 Å². The molecule has 1 aliphatic heterocycles. The van der Waals surface area contributed by atoms with E-state index < -0.39 is 17.4 Å². The molecule has 172 valence electrons. The van der Waals surface area contributed by atoms with E-state index in [1.165, 1.54) is 26.0 Å². The van der Waals surface area contributed by atoms with Gasteiger partial charge in [-0.2, -0.15) is 10.5 Å². The highest BCUT2D eigenvalue weighted by molar-refractivity contribution is 9.10. The summed E-state index contributed by atoms with van der Waals surface area (Å²) < 4.78 is 30.6. The van der Waals surface area contributed by atoms with Gasteiger partial charge < -0.3 is 0 Å². The van der Waals surface area contributed by atoms with Gasteiger partial charge in [0.1, 0.15) is 11.5 Å². The SMILES string of the molecule is CC(C)(F)[C@@H](c1cc(F)cc(C#N)c1)C1CN([C@@H](c2ccc(C#N)cc2)c2cccc(Br)c2)C1. The zero-order valence-corrected chi connectivity index (χ0v) is 20.6. The van der Waals surface area contributed by atoms with Gasteiger partial charge in [-0.1, -0.05) is 40.2 Å². The second kappa shape index (κ2) is 9.66.